The standard InChI is InChI=1S/C20H17NO5S/c22-19(10-11-20(23)24)16-6-3-7-17(12-16)21-27(25,26)18-9-8-14-4-1-2-5-15(14)13-18/h1-9,12-13,21H,10-11H2,(H,23,24). The van der Waals surface area contributed by atoms with Crippen LogP contribution in [0.4, 0.5) is 5.69 Å². The average Bonchev–Trinajstić information content (AvgIpc) is 2.65. The number of ketones is 1. The molecule has 0 unspecified atom stereocenters. The van der Waals surface area contributed by atoms with Crippen molar-refractivity contribution in [2.45, 2.75) is 17.7 Å². The number of aliphatic carboxylic acids is 1. The Kier molecular flexibility index (Phi) is 5.23. The van der Waals surface area contributed by atoms with Crippen molar-refractivity contribution in [2.75, 3.05) is 4.72 Å². The predicted molar refractivity (Wildman–Crippen MR) is 102 cm³/mol. The Balaban J connectivity index is 1.83. The molecule has 3 rings (SSSR count). The molecular formula is C20H17NO5S. The van der Waals surface area contributed by atoms with Crippen molar-refractivity contribution < 1.29 is 23.1 Å². The Hall–Kier alpha value is -3.19. The highest BCUT2D eigenvalue weighted by molar-refractivity contribution is 7.92. The maximum absolute atomic E-state index is 12.7. The molecule has 0 saturated carbocycles. The predicted octanol–water partition coefficient (Wildman–Crippen LogP) is 3.69. The minimum absolute atomic E-state index is 0.115. The van der Waals surface area contributed by atoms with Crippen LogP contribution in [-0.4, -0.2) is 25.3 Å². The number of hydrogen-bond donors (Lipinski definition) is 2. The maximum atomic E-state index is 12.7. The minimum atomic E-state index is -3.83. The number of rotatable bonds is 7. The average molecular weight is 383 g/mol. The van der Waals surface area contributed by atoms with Crippen LogP contribution in [0.1, 0.15) is 23.2 Å². The Morgan fingerprint density at radius 1 is 0.852 bits per heavy atom. The van der Waals surface area contributed by atoms with Crippen LogP contribution < -0.4 is 4.72 Å². The molecule has 0 bridgehead atoms. The number of carboxylic acid groups (broad SMARTS) is 1. The van der Waals surface area contributed by atoms with Crippen LogP contribution in [-0.2, 0) is 14.8 Å². The summed E-state index contributed by atoms with van der Waals surface area (Å²) in [7, 11) is -3.83. The number of hydrogen-bond acceptors (Lipinski definition) is 4. The number of benzene rings is 3. The molecule has 27 heavy (non-hydrogen) atoms. The SMILES string of the molecule is O=C(O)CCC(=O)c1cccc(NS(=O)(=O)c2ccc3ccccc3c2)c1. The number of sulfonamides is 1. The molecule has 0 aliphatic heterocycles. The van der Waals surface area contributed by atoms with Crippen molar-refractivity contribution in [1.29, 1.82) is 0 Å². The summed E-state index contributed by atoms with van der Waals surface area (Å²) in [4.78, 5) is 22.8. The third-order valence-corrected chi connectivity index (χ3v) is 5.41. The molecule has 0 aromatic heterocycles. The minimum Gasteiger partial charge on any atom is -0.481 e. The van der Waals surface area contributed by atoms with Gasteiger partial charge in [-0.15, -0.1) is 0 Å². The molecule has 138 valence electrons. The van der Waals surface area contributed by atoms with Gasteiger partial charge < -0.3 is 5.11 Å². The topological polar surface area (TPSA) is 101 Å². The van der Waals surface area contributed by atoms with E-state index >= 15 is 0 Å². The van der Waals surface area contributed by atoms with E-state index in [1.54, 1.807) is 18.2 Å². The molecule has 3 aromatic carbocycles. The number of carboxylic acids is 1. The van der Waals surface area contributed by atoms with Gasteiger partial charge >= 0.3 is 5.97 Å². The first kappa shape index (κ1) is 18.6. The lowest BCUT2D eigenvalue weighted by atomic mass is 10.1. The molecule has 0 atom stereocenters. The van der Waals surface area contributed by atoms with Crippen molar-refractivity contribution in [2.24, 2.45) is 0 Å². The third kappa shape index (κ3) is 4.51. The number of nitrogens with one attached hydrogen (secondary N) is 1. The van der Waals surface area contributed by atoms with Gasteiger partial charge in [-0.1, -0.05) is 42.5 Å². The van der Waals surface area contributed by atoms with Crippen LogP contribution in [0.2, 0.25) is 0 Å². The number of fused-ring (bicyclic) bond motifs is 1. The summed E-state index contributed by atoms with van der Waals surface area (Å²) in [5.41, 5.74) is 0.499. The van der Waals surface area contributed by atoms with E-state index < -0.39 is 16.0 Å². The molecule has 0 fully saturated rings. The van der Waals surface area contributed by atoms with Gasteiger partial charge in [0.05, 0.1) is 11.3 Å². The van der Waals surface area contributed by atoms with Gasteiger partial charge in [-0.2, -0.15) is 0 Å². The lowest BCUT2D eigenvalue weighted by Gasteiger charge is -2.10. The van der Waals surface area contributed by atoms with Gasteiger partial charge in [0.2, 0.25) is 0 Å². The fourth-order valence-electron chi connectivity index (χ4n) is 2.67. The molecule has 0 spiro atoms. The lowest BCUT2D eigenvalue weighted by Crippen LogP contribution is -2.13. The molecule has 6 nitrogen and oxygen atoms in total. The van der Waals surface area contributed by atoms with Crippen LogP contribution in [0.3, 0.4) is 0 Å². The van der Waals surface area contributed by atoms with E-state index in [0.717, 1.165) is 10.8 Å². The third-order valence-electron chi connectivity index (χ3n) is 4.03. The summed E-state index contributed by atoms with van der Waals surface area (Å²) in [6.07, 6.45) is -0.415. The van der Waals surface area contributed by atoms with E-state index in [1.807, 2.05) is 24.3 Å². The molecule has 3 aromatic rings. The zero-order valence-electron chi connectivity index (χ0n) is 14.3. The van der Waals surface area contributed by atoms with Gasteiger partial charge in [0.25, 0.3) is 10.0 Å². The second-order valence-corrected chi connectivity index (χ2v) is 7.69. The molecule has 0 saturated heterocycles. The van der Waals surface area contributed by atoms with E-state index in [-0.39, 0.29) is 34.8 Å². The Morgan fingerprint density at radius 2 is 1.59 bits per heavy atom. The first-order valence-corrected chi connectivity index (χ1v) is 9.70. The fraction of sp³-hybridized carbons (Fsp3) is 0.100. The number of Topliss-reactive ketones (excluding diaryl/α,β-unsaturated/α-hetero) is 1. The Morgan fingerprint density at radius 3 is 2.33 bits per heavy atom. The zero-order valence-corrected chi connectivity index (χ0v) is 15.1. The summed E-state index contributed by atoms with van der Waals surface area (Å²) in [6, 6.07) is 18.3. The van der Waals surface area contributed by atoms with Crippen LogP contribution in [0.25, 0.3) is 10.8 Å². The van der Waals surface area contributed by atoms with Gasteiger partial charge in [0.1, 0.15) is 0 Å². The van der Waals surface area contributed by atoms with Gasteiger partial charge in [-0.3, -0.25) is 14.3 Å². The monoisotopic (exact) mass is 383 g/mol. The van der Waals surface area contributed by atoms with E-state index in [1.165, 1.54) is 24.3 Å². The molecule has 0 amide bonds. The van der Waals surface area contributed by atoms with Crippen LogP contribution in [0.5, 0.6) is 0 Å². The second kappa shape index (κ2) is 7.59. The highest BCUT2D eigenvalue weighted by Gasteiger charge is 2.16. The van der Waals surface area contributed by atoms with Crippen LogP contribution in [0.15, 0.2) is 71.6 Å². The number of carbonyl (C=O) groups excluding carboxylic acids is 1. The molecule has 0 radical (unpaired) electrons. The first-order chi connectivity index (χ1) is 12.8. The van der Waals surface area contributed by atoms with Crippen molar-refractivity contribution >= 4 is 38.2 Å². The summed E-state index contributed by atoms with van der Waals surface area (Å²) in [6.45, 7) is 0. The number of anilines is 1. The number of carbonyl (C=O) groups is 2. The van der Waals surface area contributed by atoms with E-state index in [2.05, 4.69) is 4.72 Å². The van der Waals surface area contributed by atoms with Crippen molar-refractivity contribution in [3.63, 3.8) is 0 Å². The van der Waals surface area contributed by atoms with E-state index in [0.29, 0.717) is 0 Å². The second-order valence-electron chi connectivity index (χ2n) is 6.01. The first-order valence-electron chi connectivity index (χ1n) is 8.22. The smallest absolute Gasteiger partial charge is 0.303 e. The molecule has 0 aliphatic rings. The summed E-state index contributed by atoms with van der Waals surface area (Å²) >= 11 is 0. The summed E-state index contributed by atoms with van der Waals surface area (Å²) in [5.74, 6) is -1.42. The van der Waals surface area contributed by atoms with Crippen LogP contribution in [0, 0.1) is 0 Å². The quantitative estimate of drug-likeness (QED) is 0.606. The van der Waals surface area contributed by atoms with Crippen molar-refractivity contribution in [3.05, 3.63) is 72.3 Å². The highest BCUT2D eigenvalue weighted by Crippen LogP contribution is 2.22. The Bertz CT molecular complexity index is 1120. The van der Waals surface area contributed by atoms with Gasteiger partial charge in [0, 0.05) is 17.7 Å². The molecule has 7 heteroatoms. The van der Waals surface area contributed by atoms with E-state index in [9.17, 15) is 18.0 Å². The normalized spacial score (nSPS) is 11.3. The summed E-state index contributed by atoms with van der Waals surface area (Å²) < 4.78 is 27.8. The largest absolute Gasteiger partial charge is 0.481 e. The van der Waals surface area contributed by atoms with Gasteiger partial charge in [-0.25, -0.2) is 8.42 Å². The van der Waals surface area contributed by atoms with Crippen molar-refractivity contribution in [3.8, 4) is 0 Å². The van der Waals surface area contributed by atoms with Gasteiger partial charge in [-0.05, 0) is 35.0 Å². The molecular weight excluding hydrogens is 366 g/mol. The van der Waals surface area contributed by atoms with Crippen molar-refractivity contribution in [1.82, 2.24) is 0 Å². The maximum Gasteiger partial charge on any atom is 0.303 e. The van der Waals surface area contributed by atoms with Gasteiger partial charge in [0.15, 0.2) is 5.78 Å². The molecule has 0 heterocycles. The Labute approximate surface area is 156 Å². The zero-order chi connectivity index (χ0) is 19.4. The fourth-order valence-corrected chi connectivity index (χ4v) is 3.75. The summed E-state index contributed by atoms with van der Waals surface area (Å²) in [5, 5.41) is 10.4. The lowest BCUT2D eigenvalue weighted by molar-refractivity contribution is -0.136. The van der Waals surface area contributed by atoms with Crippen LogP contribution >= 0.6 is 0 Å². The van der Waals surface area contributed by atoms with E-state index in [4.69, 9.17) is 5.11 Å². The highest BCUT2D eigenvalue weighted by atomic mass is 32.2. The molecule has 0 aliphatic carbocycles. The molecule has 2 N–H and O–H groups in total.